The summed E-state index contributed by atoms with van der Waals surface area (Å²) in [4.78, 5) is 23.2. The molecule has 0 aliphatic carbocycles. The molecule has 0 spiro atoms. The molecule has 2 atom stereocenters. The zero-order valence-electron chi connectivity index (χ0n) is 12.7. The van der Waals surface area contributed by atoms with Gasteiger partial charge in [-0.25, -0.2) is 9.59 Å². The van der Waals surface area contributed by atoms with E-state index < -0.39 is 24.1 Å². The van der Waals surface area contributed by atoms with Crippen molar-refractivity contribution in [2.75, 3.05) is 0 Å². The molecule has 0 radical (unpaired) electrons. The van der Waals surface area contributed by atoms with Gasteiger partial charge in [0.25, 0.3) is 0 Å². The molecule has 0 unspecified atom stereocenters. The van der Waals surface area contributed by atoms with Crippen LogP contribution >= 0.6 is 0 Å². The number of ether oxygens (including phenoxy) is 2. The summed E-state index contributed by atoms with van der Waals surface area (Å²) in [6, 6.07) is 0. The van der Waals surface area contributed by atoms with Gasteiger partial charge in [-0.2, -0.15) is 0 Å². The predicted molar refractivity (Wildman–Crippen MR) is 72.9 cm³/mol. The zero-order valence-corrected chi connectivity index (χ0v) is 12.7. The van der Waals surface area contributed by atoms with Crippen molar-refractivity contribution >= 4 is 11.9 Å². The molecule has 0 aliphatic rings. The SMILES string of the molecule is CCC(CC)OC(=O)[C@H](O)[C@@H](O)C(=O)OC(CC)CC. The predicted octanol–water partition coefficient (Wildman–Crippen LogP) is 1.17. The van der Waals surface area contributed by atoms with E-state index >= 15 is 0 Å². The molecule has 0 aromatic heterocycles. The Bertz CT molecular complexity index is 266. The van der Waals surface area contributed by atoms with Crippen LogP contribution in [-0.4, -0.2) is 46.6 Å². The Hall–Kier alpha value is -1.14. The summed E-state index contributed by atoms with van der Waals surface area (Å²) in [5, 5.41) is 19.3. The molecule has 0 amide bonds. The molecule has 6 nitrogen and oxygen atoms in total. The topological polar surface area (TPSA) is 93.1 Å². The van der Waals surface area contributed by atoms with Crippen molar-refractivity contribution in [3.05, 3.63) is 0 Å². The molecule has 0 aromatic rings. The van der Waals surface area contributed by atoms with Gasteiger partial charge in [-0.3, -0.25) is 0 Å². The Morgan fingerprint density at radius 1 is 0.750 bits per heavy atom. The summed E-state index contributed by atoms with van der Waals surface area (Å²) >= 11 is 0. The highest BCUT2D eigenvalue weighted by Gasteiger charge is 2.34. The smallest absolute Gasteiger partial charge is 0.338 e. The van der Waals surface area contributed by atoms with E-state index in [0.29, 0.717) is 25.7 Å². The highest BCUT2D eigenvalue weighted by molar-refractivity contribution is 5.85. The maximum Gasteiger partial charge on any atom is 0.338 e. The average Bonchev–Trinajstić information content (AvgIpc) is 2.47. The van der Waals surface area contributed by atoms with E-state index in [-0.39, 0.29) is 12.2 Å². The van der Waals surface area contributed by atoms with Gasteiger partial charge in [0.2, 0.25) is 0 Å². The van der Waals surface area contributed by atoms with Crippen LogP contribution in [0.5, 0.6) is 0 Å². The van der Waals surface area contributed by atoms with Crippen LogP contribution in [0.4, 0.5) is 0 Å². The standard InChI is InChI=1S/C14H26O6/c1-5-9(6-2)19-13(17)11(15)12(16)14(18)20-10(7-3)8-4/h9-12,15-16H,5-8H2,1-4H3/t11-,12-/m1/s1. The lowest BCUT2D eigenvalue weighted by Gasteiger charge is -2.21. The maximum absolute atomic E-state index is 11.6. The molecule has 0 fully saturated rings. The van der Waals surface area contributed by atoms with Gasteiger partial charge >= 0.3 is 11.9 Å². The van der Waals surface area contributed by atoms with Crippen LogP contribution in [0, 0.1) is 0 Å². The van der Waals surface area contributed by atoms with E-state index in [1.165, 1.54) is 0 Å². The molecule has 20 heavy (non-hydrogen) atoms. The van der Waals surface area contributed by atoms with E-state index in [2.05, 4.69) is 0 Å². The first-order valence-electron chi connectivity index (χ1n) is 7.18. The third-order valence-electron chi connectivity index (χ3n) is 3.17. The minimum absolute atomic E-state index is 0.334. The van der Waals surface area contributed by atoms with Crippen molar-refractivity contribution in [3.8, 4) is 0 Å². The van der Waals surface area contributed by atoms with Crippen molar-refractivity contribution in [2.24, 2.45) is 0 Å². The summed E-state index contributed by atoms with van der Waals surface area (Å²) in [5.41, 5.74) is 0. The van der Waals surface area contributed by atoms with Gasteiger partial charge in [-0.15, -0.1) is 0 Å². The molecule has 0 rings (SSSR count). The number of hydrogen-bond acceptors (Lipinski definition) is 6. The number of aliphatic hydroxyl groups excluding tert-OH is 2. The van der Waals surface area contributed by atoms with Gasteiger partial charge in [0.1, 0.15) is 12.2 Å². The Morgan fingerprint density at radius 2 is 1.00 bits per heavy atom. The number of carbonyl (C=O) groups excluding carboxylic acids is 2. The van der Waals surface area contributed by atoms with E-state index in [0.717, 1.165) is 0 Å². The fourth-order valence-corrected chi connectivity index (χ4v) is 1.64. The quantitative estimate of drug-likeness (QED) is 0.619. The minimum atomic E-state index is -1.92. The minimum Gasteiger partial charge on any atom is -0.460 e. The van der Waals surface area contributed by atoms with E-state index in [4.69, 9.17) is 9.47 Å². The van der Waals surface area contributed by atoms with Crippen LogP contribution < -0.4 is 0 Å². The molecule has 2 N–H and O–H groups in total. The summed E-state index contributed by atoms with van der Waals surface area (Å²) < 4.78 is 9.97. The Balaban J connectivity index is 4.48. The molecular weight excluding hydrogens is 264 g/mol. The summed E-state index contributed by atoms with van der Waals surface area (Å²) in [6.07, 6.45) is -2.10. The summed E-state index contributed by atoms with van der Waals surface area (Å²) in [6.45, 7) is 7.36. The molecular formula is C14H26O6. The lowest BCUT2D eigenvalue weighted by atomic mass is 10.1. The molecule has 0 saturated heterocycles. The Morgan fingerprint density at radius 3 is 1.20 bits per heavy atom. The second-order valence-corrected chi connectivity index (χ2v) is 4.64. The van der Waals surface area contributed by atoms with Crippen LogP contribution in [-0.2, 0) is 19.1 Å². The highest BCUT2D eigenvalue weighted by atomic mass is 16.6. The van der Waals surface area contributed by atoms with Gasteiger partial charge in [0, 0.05) is 0 Å². The molecule has 0 saturated carbocycles. The van der Waals surface area contributed by atoms with Gasteiger partial charge in [0.05, 0.1) is 0 Å². The first-order chi connectivity index (χ1) is 9.40. The van der Waals surface area contributed by atoms with Gasteiger partial charge < -0.3 is 19.7 Å². The lowest BCUT2D eigenvalue weighted by Crippen LogP contribution is -2.43. The summed E-state index contributed by atoms with van der Waals surface area (Å²) in [7, 11) is 0. The highest BCUT2D eigenvalue weighted by Crippen LogP contribution is 2.10. The first-order valence-corrected chi connectivity index (χ1v) is 7.18. The van der Waals surface area contributed by atoms with Crippen LogP contribution in [0.1, 0.15) is 53.4 Å². The second-order valence-electron chi connectivity index (χ2n) is 4.64. The second kappa shape index (κ2) is 9.72. The lowest BCUT2D eigenvalue weighted by molar-refractivity contribution is -0.179. The van der Waals surface area contributed by atoms with Crippen LogP contribution in [0.3, 0.4) is 0 Å². The monoisotopic (exact) mass is 290 g/mol. The van der Waals surface area contributed by atoms with Gasteiger partial charge in [-0.05, 0) is 25.7 Å². The van der Waals surface area contributed by atoms with Crippen molar-refractivity contribution in [1.29, 1.82) is 0 Å². The van der Waals surface area contributed by atoms with Crippen LogP contribution in [0.15, 0.2) is 0 Å². The Labute approximate surface area is 120 Å². The number of carbonyl (C=O) groups is 2. The average molecular weight is 290 g/mol. The first kappa shape index (κ1) is 18.9. The van der Waals surface area contributed by atoms with Crippen LogP contribution in [0.25, 0.3) is 0 Å². The molecule has 6 heteroatoms. The Kier molecular flexibility index (Phi) is 9.16. The number of aliphatic hydroxyl groups is 2. The van der Waals surface area contributed by atoms with Crippen LogP contribution in [0.2, 0.25) is 0 Å². The molecule has 0 aromatic carbocycles. The number of hydrogen-bond donors (Lipinski definition) is 2. The fraction of sp³-hybridized carbons (Fsp3) is 0.857. The van der Waals surface area contributed by atoms with Crippen molar-refractivity contribution in [2.45, 2.75) is 77.8 Å². The maximum atomic E-state index is 11.6. The normalized spacial score (nSPS) is 14.2. The van der Waals surface area contributed by atoms with Crippen molar-refractivity contribution in [3.63, 3.8) is 0 Å². The third kappa shape index (κ3) is 5.88. The number of esters is 2. The molecule has 118 valence electrons. The molecule has 0 heterocycles. The molecule has 0 aliphatic heterocycles. The van der Waals surface area contributed by atoms with E-state index in [9.17, 15) is 19.8 Å². The zero-order chi connectivity index (χ0) is 15.7. The largest absolute Gasteiger partial charge is 0.460 e. The number of rotatable bonds is 9. The van der Waals surface area contributed by atoms with Crippen molar-refractivity contribution in [1.82, 2.24) is 0 Å². The summed E-state index contributed by atoms with van der Waals surface area (Å²) in [5.74, 6) is -2.01. The van der Waals surface area contributed by atoms with Gasteiger partial charge in [0.15, 0.2) is 12.2 Å². The van der Waals surface area contributed by atoms with Gasteiger partial charge in [-0.1, -0.05) is 27.7 Å². The fourth-order valence-electron chi connectivity index (χ4n) is 1.64. The van der Waals surface area contributed by atoms with E-state index in [1.807, 2.05) is 27.7 Å². The molecule has 0 bridgehead atoms. The van der Waals surface area contributed by atoms with Crippen molar-refractivity contribution < 1.29 is 29.3 Å². The third-order valence-corrected chi connectivity index (χ3v) is 3.17. The van der Waals surface area contributed by atoms with E-state index in [1.54, 1.807) is 0 Å².